The maximum atomic E-state index is 13.4. The zero-order valence-corrected chi connectivity index (χ0v) is 22.4. The van der Waals surface area contributed by atoms with Crippen molar-refractivity contribution in [3.8, 4) is 5.75 Å². The summed E-state index contributed by atoms with van der Waals surface area (Å²) in [5, 5.41) is 3.06. The van der Waals surface area contributed by atoms with Gasteiger partial charge in [0.05, 0.1) is 34.8 Å². The molecule has 5 aromatic rings. The average molecular weight is 541 g/mol. The number of sulfonamides is 1. The number of hydrogen-bond donors (Lipinski definition) is 2. The number of nitrogens with zero attached hydrogens (tertiary/aromatic N) is 2. The normalized spacial score (nSPS) is 12.2. The molecular weight excluding hydrogens is 512 g/mol. The van der Waals surface area contributed by atoms with Crippen molar-refractivity contribution in [1.29, 1.82) is 0 Å². The molecule has 8 nitrogen and oxygen atoms in total. The molecule has 1 unspecified atom stereocenters. The summed E-state index contributed by atoms with van der Waals surface area (Å²) in [6.45, 7) is 0. The van der Waals surface area contributed by atoms with Gasteiger partial charge in [-0.15, -0.1) is 0 Å². The number of hydrogen-bond acceptors (Lipinski definition) is 5. The molecule has 0 radical (unpaired) electrons. The van der Waals surface area contributed by atoms with Crippen LogP contribution in [-0.4, -0.2) is 38.5 Å². The van der Waals surface area contributed by atoms with Crippen LogP contribution >= 0.6 is 0 Å². The van der Waals surface area contributed by atoms with Crippen LogP contribution in [0.1, 0.15) is 27.8 Å². The zero-order valence-electron chi connectivity index (χ0n) is 21.5. The highest BCUT2D eigenvalue weighted by molar-refractivity contribution is 7.92. The number of amides is 1. The largest absolute Gasteiger partial charge is 0.497 e. The van der Waals surface area contributed by atoms with Gasteiger partial charge in [-0.25, -0.2) is 13.4 Å². The Kier molecular flexibility index (Phi) is 7.33. The van der Waals surface area contributed by atoms with E-state index in [1.54, 1.807) is 43.5 Å². The Bertz CT molecular complexity index is 1670. The van der Waals surface area contributed by atoms with Crippen LogP contribution in [0.25, 0.3) is 11.0 Å². The minimum atomic E-state index is -3.92. The predicted molar refractivity (Wildman–Crippen MR) is 151 cm³/mol. The van der Waals surface area contributed by atoms with E-state index in [2.05, 4.69) is 10.3 Å². The van der Waals surface area contributed by atoms with Gasteiger partial charge in [-0.2, -0.15) is 0 Å². The Morgan fingerprint density at radius 1 is 0.949 bits per heavy atom. The number of aromatic nitrogens is 2. The van der Waals surface area contributed by atoms with E-state index in [4.69, 9.17) is 9.72 Å². The summed E-state index contributed by atoms with van der Waals surface area (Å²) in [6, 6.07) is 29.8. The molecular formula is C30H28N4O4S. The van der Waals surface area contributed by atoms with E-state index >= 15 is 0 Å². The van der Waals surface area contributed by atoms with Gasteiger partial charge >= 0.3 is 0 Å². The summed E-state index contributed by atoms with van der Waals surface area (Å²) in [5.74, 6) is 0.842. The number of H-pyrrole nitrogens is 1. The molecule has 1 heterocycles. The number of fused-ring (bicyclic) bond motifs is 1. The molecule has 0 spiro atoms. The summed E-state index contributed by atoms with van der Waals surface area (Å²) in [5.41, 5.74) is 3.40. The van der Waals surface area contributed by atoms with Crippen LogP contribution in [0.15, 0.2) is 108 Å². The predicted octanol–water partition coefficient (Wildman–Crippen LogP) is 5.11. The SMILES string of the molecule is COc1ccc(N(C)S(=O)(=O)c2cccc(C(=O)NC(Cc3ccccc3)c3nc4ccccc4[nH]3)c2)cc1. The molecule has 4 aromatic carbocycles. The molecule has 1 atom stereocenters. The fourth-order valence-corrected chi connectivity index (χ4v) is 5.57. The zero-order chi connectivity index (χ0) is 27.4. The van der Waals surface area contributed by atoms with E-state index < -0.39 is 22.0 Å². The summed E-state index contributed by atoms with van der Waals surface area (Å²) in [4.78, 5) is 21.5. The second-order valence-electron chi connectivity index (χ2n) is 9.05. The maximum absolute atomic E-state index is 13.4. The summed E-state index contributed by atoms with van der Waals surface area (Å²) < 4.78 is 33.1. The molecule has 0 saturated carbocycles. The molecule has 5 rings (SSSR count). The fourth-order valence-electron chi connectivity index (χ4n) is 4.33. The van der Waals surface area contributed by atoms with Crippen LogP contribution in [0, 0.1) is 0 Å². The van der Waals surface area contributed by atoms with Crippen molar-refractivity contribution < 1.29 is 17.9 Å². The standard InChI is InChI=1S/C30H28N4O4S/c1-34(23-15-17-24(38-2)18-16-23)39(36,37)25-12-8-11-22(20-25)30(35)33-28(19-21-9-4-3-5-10-21)29-31-26-13-6-7-14-27(26)32-29/h3-18,20,28H,19H2,1-2H3,(H,31,32)(H,33,35). The second kappa shape index (κ2) is 11.0. The van der Waals surface area contributed by atoms with Crippen LogP contribution in [0.3, 0.4) is 0 Å². The topological polar surface area (TPSA) is 104 Å². The quantitative estimate of drug-likeness (QED) is 0.270. The lowest BCUT2D eigenvalue weighted by Crippen LogP contribution is -2.31. The Balaban J connectivity index is 1.42. The molecule has 0 aliphatic carbocycles. The summed E-state index contributed by atoms with van der Waals surface area (Å²) in [6.07, 6.45) is 0.505. The average Bonchev–Trinajstić information content (AvgIpc) is 3.41. The van der Waals surface area contributed by atoms with Gasteiger partial charge in [0.1, 0.15) is 11.6 Å². The van der Waals surface area contributed by atoms with Gasteiger partial charge in [0.2, 0.25) is 0 Å². The molecule has 0 fully saturated rings. The van der Waals surface area contributed by atoms with Crippen molar-refractivity contribution >= 4 is 32.7 Å². The summed E-state index contributed by atoms with van der Waals surface area (Å²) in [7, 11) is -0.900. The molecule has 0 bridgehead atoms. The number of carbonyl (C=O) groups excluding carboxylic acids is 1. The van der Waals surface area contributed by atoms with Gasteiger partial charge in [-0.3, -0.25) is 9.10 Å². The third-order valence-corrected chi connectivity index (χ3v) is 8.30. The van der Waals surface area contributed by atoms with E-state index in [0.717, 1.165) is 16.6 Å². The third-order valence-electron chi connectivity index (χ3n) is 6.52. The van der Waals surface area contributed by atoms with Crippen LogP contribution in [0.4, 0.5) is 5.69 Å². The van der Waals surface area contributed by atoms with Crippen molar-refractivity contribution in [2.24, 2.45) is 0 Å². The van der Waals surface area contributed by atoms with Crippen LogP contribution < -0.4 is 14.4 Å². The maximum Gasteiger partial charge on any atom is 0.264 e. The van der Waals surface area contributed by atoms with Crippen LogP contribution in [0.5, 0.6) is 5.75 Å². The van der Waals surface area contributed by atoms with E-state index in [1.165, 1.54) is 23.5 Å². The number of imidazole rings is 1. The van der Waals surface area contributed by atoms with Crippen molar-refractivity contribution in [1.82, 2.24) is 15.3 Å². The van der Waals surface area contributed by atoms with Crippen molar-refractivity contribution in [3.05, 3.63) is 120 Å². The highest BCUT2D eigenvalue weighted by Crippen LogP contribution is 2.25. The molecule has 9 heteroatoms. The number of anilines is 1. The number of benzene rings is 4. The molecule has 1 amide bonds. The van der Waals surface area contributed by atoms with Gasteiger partial charge in [0, 0.05) is 12.6 Å². The number of methoxy groups -OCH3 is 1. The monoisotopic (exact) mass is 540 g/mol. The van der Waals surface area contributed by atoms with E-state index in [-0.39, 0.29) is 10.5 Å². The van der Waals surface area contributed by atoms with Crippen molar-refractivity contribution in [3.63, 3.8) is 0 Å². The number of rotatable bonds is 9. The number of nitrogens with one attached hydrogen (secondary N) is 2. The van der Waals surface area contributed by atoms with Crippen molar-refractivity contribution in [2.75, 3.05) is 18.5 Å². The molecule has 198 valence electrons. The Labute approximate surface area is 227 Å². The first-order chi connectivity index (χ1) is 18.8. The lowest BCUT2D eigenvalue weighted by molar-refractivity contribution is 0.0934. The smallest absolute Gasteiger partial charge is 0.264 e. The summed E-state index contributed by atoms with van der Waals surface area (Å²) >= 11 is 0. The minimum Gasteiger partial charge on any atom is -0.497 e. The van der Waals surface area contributed by atoms with E-state index in [9.17, 15) is 13.2 Å². The van der Waals surface area contributed by atoms with Gasteiger partial charge in [-0.1, -0.05) is 48.5 Å². The first kappa shape index (κ1) is 26.0. The van der Waals surface area contributed by atoms with Gasteiger partial charge in [-0.05, 0) is 66.6 Å². The lowest BCUT2D eigenvalue weighted by atomic mass is 10.0. The molecule has 1 aromatic heterocycles. The van der Waals surface area contributed by atoms with Gasteiger partial charge in [0.15, 0.2) is 0 Å². The molecule has 39 heavy (non-hydrogen) atoms. The molecule has 0 aliphatic heterocycles. The second-order valence-corrected chi connectivity index (χ2v) is 11.0. The minimum absolute atomic E-state index is 0.0109. The first-order valence-electron chi connectivity index (χ1n) is 12.4. The number of ether oxygens (including phenoxy) is 1. The number of para-hydroxylation sites is 2. The van der Waals surface area contributed by atoms with Gasteiger partial charge in [0.25, 0.3) is 15.9 Å². The molecule has 0 saturated heterocycles. The Morgan fingerprint density at radius 3 is 2.38 bits per heavy atom. The highest BCUT2D eigenvalue weighted by atomic mass is 32.2. The molecule has 2 N–H and O–H groups in total. The van der Waals surface area contributed by atoms with E-state index in [0.29, 0.717) is 23.7 Å². The van der Waals surface area contributed by atoms with Gasteiger partial charge < -0.3 is 15.0 Å². The highest BCUT2D eigenvalue weighted by Gasteiger charge is 2.24. The lowest BCUT2D eigenvalue weighted by Gasteiger charge is -2.20. The first-order valence-corrected chi connectivity index (χ1v) is 13.8. The van der Waals surface area contributed by atoms with Crippen LogP contribution in [-0.2, 0) is 16.4 Å². The Morgan fingerprint density at radius 2 is 1.67 bits per heavy atom. The fraction of sp³-hybridized carbons (Fsp3) is 0.133. The van der Waals surface area contributed by atoms with E-state index in [1.807, 2.05) is 54.6 Å². The van der Waals surface area contributed by atoms with Crippen LogP contribution in [0.2, 0.25) is 0 Å². The number of carbonyl (C=O) groups is 1. The Hall–Kier alpha value is -4.63. The van der Waals surface area contributed by atoms with Crippen molar-refractivity contribution in [2.45, 2.75) is 17.4 Å². The number of aromatic amines is 1. The third kappa shape index (κ3) is 5.63. The molecule has 0 aliphatic rings.